The number of nitrogens with one attached hydrogen (secondary N) is 1. The lowest BCUT2D eigenvalue weighted by Crippen LogP contribution is -1.99. The van der Waals surface area contributed by atoms with Crippen molar-refractivity contribution < 1.29 is 1.43 Å². The Hall–Kier alpha value is -0.980. The fourth-order valence-electron chi connectivity index (χ4n) is 1.19. The molecule has 0 fully saturated rings. The van der Waals surface area contributed by atoms with E-state index in [2.05, 4.69) is 43.4 Å². The standard InChI is InChI=1S/C10H15N.H2/c1-3-9-7-5-6-8-10(9)11-4-2;/h5-8,11H,3-4H2,1-2H3;1H. The Morgan fingerprint density at radius 2 is 2.00 bits per heavy atom. The zero-order valence-corrected chi connectivity index (χ0v) is 7.22. The third-order valence-electron chi connectivity index (χ3n) is 1.77. The monoisotopic (exact) mass is 151 g/mol. The predicted octanol–water partition coefficient (Wildman–Crippen LogP) is 2.93. The first-order valence-corrected chi connectivity index (χ1v) is 4.20. The summed E-state index contributed by atoms with van der Waals surface area (Å²) < 4.78 is 0. The maximum absolute atomic E-state index is 3.33. The average Bonchev–Trinajstić information content (AvgIpc) is 2.06. The SMILES string of the molecule is CCNc1ccccc1CC.[HH]. The second-order valence-corrected chi connectivity index (χ2v) is 2.54. The number of benzene rings is 1. The topological polar surface area (TPSA) is 12.0 Å². The lowest BCUT2D eigenvalue weighted by atomic mass is 10.1. The van der Waals surface area contributed by atoms with Crippen molar-refractivity contribution in [3.05, 3.63) is 29.8 Å². The van der Waals surface area contributed by atoms with Crippen molar-refractivity contribution in [3.63, 3.8) is 0 Å². The number of para-hydroxylation sites is 1. The van der Waals surface area contributed by atoms with Gasteiger partial charge in [0.2, 0.25) is 0 Å². The zero-order chi connectivity index (χ0) is 8.10. The van der Waals surface area contributed by atoms with Crippen molar-refractivity contribution >= 4 is 5.69 Å². The van der Waals surface area contributed by atoms with Gasteiger partial charge in [-0.3, -0.25) is 0 Å². The third kappa shape index (κ3) is 1.97. The molecule has 0 aromatic heterocycles. The molecule has 0 amide bonds. The summed E-state index contributed by atoms with van der Waals surface area (Å²) in [5.41, 5.74) is 2.67. The highest BCUT2D eigenvalue weighted by molar-refractivity contribution is 5.50. The highest BCUT2D eigenvalue weighted by atomic mass is 14.9. The molecule has 1 rings (SSSR count). The average molecular weight is 151 g/mol. The number of hydrogen-bond acceptors (Lipinski definition) is 1. The number of aryl methyl sites for hydroxylation is 1. The fraction of sp³-hybridized carbons (Fsp3) is 0.400. The van der Waals surface area contributed by atoms with Gasteiger partial charge >= 0.3 is 0 Å². The van der Waals surface area contributed by atoms with Gasteiger partial charge in [-0.05, 0) is 25.0 Å². The Bertz CT molecular complexity index is 223. The van der Waals surface area contributed by atoms with Gasteiger partial charge in [0, 0.05) is 13.7 Å². The third-order valence-corrected chi connectivity index (χ3v) is 1.77. The Labute approximate surface area is 69.9 Å². The second kappa shape index (κ2) is 4.02. The van der Waals surface area contributed by atoms with E-state index in [1.807, 2.05) is 0 Å². The summed E-state index contributed by atoms with van der Waals surface area (Å²) in [4.78, 5) is 0. The molecule has 0 bridgehead atoms. The largest absolute Gasteiger partial charge is 0.385 e. The molecular weight excluding hydrogens is 134 g/mol. The molecule has 0 heterocycles. The molecule has 1 aromatic carbocycles. The summed E-state index contributed by atoms with van der Waals surface area (Å²) >= 11 is 0. The van der Waals surface area contributed by atoms with Crippen molar-refractivity contribution in [2.45, 2.75) is 20.3 Å². The Kier molecular flexibility index (Phi) is 2.96. The van der Waals surface area contributed by atoms with Gasteiger partial charge in [0.25, 0.3) is 0 Å². The molecule has 1 N–H and O–H groups in total. The molecule has 0 saturated carbocycles. The molecule has 1 aromatic rings. The van der Waals surface area contributed by atoms with Crippen LogP contribution >= 0.6 is 0 Å². The first-order chi connectivity index (χ1) is 5.38. The van der Waals surface area contributed by atoms with Crippen molar-refractivity contribution in [3.8, 4) is 0 Å². The minimum absolute atomic E-state index is 0. The zero-order valence-electron chi connectivity index (χ0n) is 7.22. The van der Waals surface area contributed by atoms with Crippen LogP contribution in [0.2, 0.25) is 0 Å². The minimum atomic E-state index is 0. The van der Waals surface area contributed by atoms with Crippen LogP contribution in [0.4, 0.5) is 5.69 Å². The smallest absolute Gasteiger partial charge is 0.0372 e. The summed E-state index contributed by atoms with van der Waals surface area (Å²) in [6.45, 7) is 5.29. The van der Waals surface area contributed by atoms with Gasteiger partial charge in [-0.1, -0.05) is 25.1 Å². The van der Waals surface area contributed by atoms with Crippen LogP contribution < -0.4 is 5.32 Å². The van der Waals surface area contributed by atoms with Gasteiger partial charge in [0.1, 0.15) is 0 Å². The molecule has 1 nitrogen and oxygen atoms in total. The normalized spacial score (nSPS) is 9.64. The van der Waals surface area contributed by atoms with Gasteiger partial charge in [-0.25, -0.2) is 0 Å². The second-order valence-electron chi connectivity index (χ2n) is 2.54. The summed E-state index contributed by atoms with van der Waals surface area (Å²) in [5, 5.41) is 3.33. The van der Waals surface area contributed by atoms with Crippen LogP contribution in [-0.4, -0.2) is 6.54 Å². The quantitative estimate of drug-likeness (QED) is 0.700. The van der Waals surface area contributed by atoms with Crippen molar-refractivity contribution in [2.75, 3.05) is 11.9 Å². The van der Waals surface area contributed by atoms with E-state index in [1.54, 1.807) is 0 Å². The van der Waals surface area contributed by atoms with Gasteiger partial charge in [-0.2, -0.15) is 0 Å². The molecule has 1 heteroatoms. The van der Waals surface area contributed by atoms with E-state index in [0.29, 0.717) is 0 Å². The minimum Gasteiger partial charge on any atom is -0.385 e. The van der Waals surface area contributed by atoms with Crippen LogP contribution in [-0.2, 0) is 6.42 Å². The number of hydrogen-bond donors (Lipinski definition) is 1. The van der Waals surface area contributed by atoms with Crippen LogP contribution in [0.25, 0.3) is 0 Å². The molecule has 0 unspecified atom stereocenters. The first kappa shape index (κ1) is 8.12. The molecule has 11 heavy (non-hydrogen) atoms. The summed E-state index contributed by atoms with van der Waals surface area (Å²) in [5.74, 6) is 0. The summed E-state index contributed by atoms with van der Waals surface area (Å²) in [6.07, 6.45) is 1.10. The molecule has 0 aliphatic carbocycles. The van der Waals surface area contributed by atoms with Crippen LogP contribution in [0.15, 0.2) is 24.3 Å². The molecular formula is C10H17N. The Morgan fingerprint density at radius 1 is 1.27 bits per heavy atom. The molecule has 0 spiro atoms. The molecule has 0 aliphatic heterocycles. The van der Waals surface area contributed by atoms with Crippen LogP contribution in [0.3, 0.4) is 0 Å². The van der Waals surface area contributed by atoms with E-state index in [0.717, 1.165) is 13.0 Å². The van der Waals surface area contributed by atoms with Crippen LogP contribution in [0, 0.1) is 0 Å². The van der Waals surface area contributed by atoms with Gasteiger partial charge in [-0.15, -0.1) is 0 Å². The first-order valence-electron chi connectivity index (χ1n) is 4.20. The van der Waals surface area contributed by atoms with E-state index < -0.39 is 0 Å². The maximum atomic E-state index is 3.33. The molecule has 62 valence electrons. The van der Waals surface area contributed by atoms with Crippen LogP contribution in [0.5, 0.6) is 0 Å². The van der Waals surface area contributed by atoms with Crippen molar-refractivity contribution in [1.82, 2.24) is 0 Å². The Balaban J connectivity index is 0.00000121. The highest BCUT2D eigenvalue weighted by Gasteiger charge is 1.95. The lowest BCUT2D eigenvalue weighted by Gasteiger charge is -2.07. The summed E-state index contributed by atoms with van der Waals surface area (Å²) in [7, 11) is 0. The van der Waals surface area contributed by atoms with Crippen molar-refractivity contribution in [2.24, 2.45) is 0 Å². The van der Waals surface area contributed by atoms with E-state index in [4.69, 9.17) is 0 Å². The fourth-order valence-corrected chi connectivity index (χ4v) is 1.19. The highest BCUT2D eigenvalue weighted by Crippen LogP contribution is 2.14. The molecule has 0 aliphatic rings. The summed E-state index contributed by atoms with van der Waals surface area (Å²) in [6, 6.07) is 8.44. The van der Waals surface area contributed by atoms with Gasteiger partial charge in [0.05, 0.1) is 0 Å². The predicted molar refractivity (Wildman–Crippen MR) is 52.1 cm³/mol. The van der Waals surface area contributed by atoms with Gasteiger partial charge < -0.3 is 5.32 Å². The maximum Gasteiger partial charge on any atom is 0.0372 e. The molecule has 0 atom stereocenters. The van der Waals surface area contributed by atoms with Crippen LogP contribution in [0.1, 0.15) is 20.8 Å². The molecule has 0 saturated heterocycles. The Morgan fingerprint density at radius 3 is 2.64 bits per heavy atom. The van der Waals surface area contributed by atoms with E-state index in [1.165, 1.54) is 11.3 Å². The van der Waals surface area contributed by atoms with Crippen molar-refractivity contribution in [1.29, 1.82) is 0 Å². The van der Waals surface area contributed by atoms with E-state index in [9.17, 15) is 0 Å². The molecule has 0 radical (unpaired) electrons. The lowest BCUT2D eigenvalue weighted by molar-refractivity contribution is 1.11. The van der Waals surface area contributed by atoms with Gasteiger partial charge in [0.15, 0.2) is 0 Å². The number of anilines is 1. The number of rotatable bonds is 3. The van der Waals surface area contributed by atoms with E-state index in [-0.39, 0.29) is 1.43 Å². The van der Waals surface area contributed by atoms with E-state index >= 15 is 0 Å².